The number of nitrogens with one attached hydrogen (secondary N) is 1. The average molecular weight is 259 g/mol. The Morgan fingerprint density at radius 3 is 2.53 bits per heavy atom. The van der Waals surface area contributed by atoms with Crippen LogP contribution in [0.15, 0.2) is 11.1 Å². The molecule has 0 amide bonds. The van der Waals surface area contributed by atoms with E-state index in [9.17, 15) is 0 Å². The molecule has 0 atom stereocenters. The van der Waals surface area contributed by atoms with Crippen LogP contribution in [-0.2, 0) is 0 Å². The SMILES string of the molecule is CCCNC1CCC(N(C)CC(C)=CCl)CC1. The van der Waals surface area contributed by atoms with Crippen molar-refractivity contribution < 1.29 is 0 Å². The molecule has 0 aromatic carbocycles. The van der Waals surface area contributed by atoms with Gasteiger partial charge in [-0.2, -0.15) is 0 Å². The van der Waals surface area contributed by atoms with E-state index in [1.807, 2.05) is 0 Å². The van der Waals surface area contributed by atoms with Gasteiger partial charge in [0.15, 0.2) is 0 Å². The molecule has 1 rings (SSSR count). The van der Waals surface area contributed by atoms with Crippen LogP contribution in [0.4, 0.5) is 0 Å². The van der Waals surface area contributed by atoms with Crippen molar-refractivity contribution in [2.24, 2.45) is 0 Å². The molecule has 0 bridgehead atoms. The molecule has 100 valence electrons. The van der Waals surface area contributed by atoms with Gasteiger partial charge in [0.05, 0.1) is 0 Å². The average Bonchev–Trinajstić information content (AvgIpc) is 2.36. The summed E-state index contributed by atoms with van der Waals surface area (Å²) in [5.74, 6) is 0. The molecule has 0 aromatic heterocycles. The van der Waals surface area contributed by atoms with Crippen LogP contribution >= 0.6 is 11.6 Å². The molecule has 3 heteroatoms. The standard InChI is InChI=1S/C14H27ClN2/c1-4-9-16-13-5-7-14(8-6-13)17(3)11-12(2)10-15/h10,13-14,16H,4-9,11H2,1-3H3. The number of likely N-dealkylation sites (N-methyl/N-ethyl adjacent to an activating group) is 1. The van der Waals surface area contributed by atoms with E-state index in [0.717, 1.165) is 18.6 Å². The van der Waals surface area contributed by atoms with Crippen LogP contribution in [0.25, 0.3) is 0 Å². The van der Waals surface area contributed by atoms with E-state index >= 15 is 0 Å². The molecule has 1 N–H and O–H groups in total. The molecule has 0 aliphatic heterocycles. The maximum absolute atomic E-state index is 5.72. The summed E-state index contributed by atoms with van der Waals surface area (Å²) >= 11 is 5.72. The highest BCUT2D eigenvalue weighted by Crippen LogP contribution is 2.23. The molecular formula is C14H27ClN2. The van der Waals surface area contributed by atoms with Crippen LogP contribution in [-0.4, -0.2) is 37.1 Å². The minimum atomic E-state index is 0.737. The van der Waals surface area contributed by atoms with Gasteiger partial charge in [-0.3, -0.25) is 4.90 Å². The van der Waals surface area contributed by atoms with E-state index in [0.29, 0.717) is 0 Å². The minimum absolute atomic E-state index is 0.737. The number of hydrogen-bond acceptors (Lipinski definition) is 2. The summed E-state index contributed by atoms with van der Waals surface area (Å²) in [5.41, 5.74) is 2.95. The highest BCUT2D eigenvalue weighted by molar-refractivity contribution is 6.25. The second-order valence-corrected chi connectivity index (χ2v) is 5.55. The quantitative estimate of drug-likeness (QED) is 0.786. The van der Waals surface area contributed by atoms with Crippen LogP contribution < -0.4 is 5.32 Å². The second-order valence-electron chi connectivity index (χ2n) is 5.33. The van der Waals surface area contributed by atoms with Gasteiger partial charge in [-0.05, 0) is 58.2 Å². The van der Waals surface area contributed by atoms with E-state index in [1.165, 1.54) is 44.2 Å². The lowest BCUT2D eigenvalue weighted by atomic mass is 9.90. The molecule has 0 heterocycles. The molecule has 0 spiro atoms. The fourth-order valence-corrected chi connectivity index (χ4v) is 2.70. The van der Waals surface area contributed by atoms with Gasteiger partial charge in [0.1, 0.15) is 0 Å². The van der Waals surface area contributed by atoms with Crippen LogP contribution in [0.3, 0.4) is 0 Å². The maximum atomic E-state index is 5.72. The Morgan fingerprint density at radius 2 is 2.00 bits per heavy atom. The number of halogens is 1. The second kappa shape index (κ2) is 8.12. The number of rotatable bonds is 6. The van der Waals surface area contributed by atoms with Crippen molar-refractivity contribution in [3.05, 3.63) is 11.1 Å². The first-order valence-corrected chi connectivity index (χ1v) is 7.30. The Bertz CT molecular complexity index is 232. The lowest BCUT2D eigenvalue weighted by Gasteiger charge is -2.35. The Hall–Kier alpha value is -0.0500. The van der Waals surface area contributed by atoms with Gasteiger partial charge < -0.3 is 5.32 Å². The van der Waals surface area contributed by atoms with Crippen LogP contribution in [0.2, 0.25) is 0 Å². The van der Waals surface area contributed by atoms with Crippen molar-refractivity contribution >= 4 is 11.6 Å². The van der Waals surface area contributed by atoms with Gasteiger partial charge in [-0.15, -0.1) is 0 Å². The summed E-state index contributed by atoms with van der Waals surface area (Å²) in [6, 6.07) is 1.49. The van der Waals surface area contributed by atoms with Gasteiger partial charge in [0.2, 0.25) is 0 Å². The van der Waals surface area contributed by atoms with Crippen molar-refractivity contribution in [1.82, 2.24) is 10.2 Å². The monoisotopic (exact) mass is 258 g/mol. The van der Waals surface area contributed by atoms with Crippen LogP contribution in [0, 0.1) is 0 Å². The van der Waals surface area contributed by atoms with Crippen LogP contribution in [0.5, 0.6) is 0 Å². The number of nitrogens with zero attached hydrogens (tertiary/aromatic N) is 1. The third-order valence-corrected chi connectivity index (χ3v) is 4.06. The molecule has 0 aromatic rings. The number of hydrogen-bond donors (Lipinski definition) is 1. The Kier molecular flexibility index (Phi) is 7.17. The zero-order valence-electron chi connectivity index (χ0n) is 11.5. The Morgan fingerprint density at radius 1 is 1.35 bits per heavy atom. The first-order chi connectivity index (χ1) is 8.17. The predicted molar refractivity (Wildman–Crippen MR) is 76.6 cm³/mol. The molecule has 1 aliphatic carbocycles. The van der Waals surface area contributed by atoms with Gasteiger partial charge in [-0.25, -0.2) is 0 Å². The molecular weight excluding hydrogens is 232 g/mol. The highest BCUT2D eigenvalue weighted by atomic mass is 35.5. The van der Waals surface area contributed by atoms with Crippen molar-refractivity contribution in [2.75, 3.05) is 20.1 Å². The normalized spacial score (nSPS) is 26.5. The van der Waals surface area contributed by atoms with Gasteiger partial charge in [0, 0.05) is 24.2 Å². The molecule has 0 unspecified atom stereocenters. The molecule has 1 saturated carbocycles. The summed E-state index contributed by atoms with van der Waals surface area (Å²) in [6.07, 6.45) is 6.50. The fraction of sp³-hybridized carbons (Fsp3) is 0.857. The smallest absolute Gasteiger partial charge is 0.0201 e. The van der Waals surface area contributed by atoms with Crippen molar-refractivity contribution in [2.45, 2.75) is 58.0 Å². The fourth-order valence-electron chi connectivity index (χ4n) is 2.63. The maximum Gasteiger partial charge on any atom is 0.0201 e. The lowest BCUT2D eigenvalue weighted by molar-refractivity contribution is 0.186. The molecule has 1 aliphatic rings. The van der Waals surface area contributed by atoms with E-state index in [4.69, 9.17) is 11.6 Å². The van der Waals surface area contributed by atoms with E-state index < -0.39 is 0 Å². The summed E-state index contributed by atoms with van der Waals surface area (Å²) < 4.78 is 0. The summed E-state index contributed by atoms with van der Waals surface area (Å²) in [4.78, 5) is 2.45. The van der Waals surface area contributed by atoms with Crippen molar-refractivity contribution in [1.29, 1.82) is 0 Å². The Labute approximate surface area is 111 Å². The predicted octanol–water partition coefficient (Wildman–Crippen LogP) is 3.37. The van der Waals surface area contributed by atoms with Gasteiger partial charge >= 0.3 is 0 Å². The zero-order valence-corrected chi connectivity index (χ0v) is 12.3. The summed E-state index contributed by atoms with van der Waals surface area (Å²) in [5, 5.41) is 3.63. The van der Waals surface area contributed by atoms with Crippen molar-refractivity contribution in [3.63, 3.8) is 0 Å². The molecule has 2 nitrogen and oxygen atoms in total. The molecule has 17 heavy (non-hydrogen) atoms. The third-order valence-electron chi connectivity index (χ3n) is 3.69. The minimum Gasteiger partial charge on any atom is -0.314 e. The largest absolute Gasteiger partial charge is 0.314 e. The van der Waals surface area contributed by atoms with Gasteiger partial charge in [0.25, 0.3) is 0 Å². The van der Waals surface area contributed by atoms with Crippen molar-refractivity contribution in [3.8, 4) is 0 Å². The summed E-state index contributed by atoms with van der Waals surface area (Å²) in [7, 11) is 2.22. The zero-order chi connectivity index (χ0) is 12.7. The third kappa shape index (κ3) is 5.41. The summed E-state index contributed by atoms with van der Waals surface area (Å²) in [6.45, 7) is 6.49. The first-order valence-electron chi connectivity index (χ1n) is 6.86. The highest BCUT2D eigenvalue weighted by Gasteiger charge is 2.23. The topological polar surface area (TPSA) is 15.3 Å². The van der Waals surface area contributed by atoms with Gasteiger partial charge in [-0.1, -0.05) is 18.5 Å². The van der Waals surface area contributed by atoms with E-state index in [1.54, 1.807) is 5.54 Å². The molecule has 1 fully saturated rings. The lowest BCUT2D eigenvalue weighted by Crippen LogP contribution is -2.41. The van der Waals surface area contributed by atoms with E-state index in [2.05, 4.69) is 31.1 Å². The molecule has 0 saturated heterocycles. The molecule has 0 radical (unpaired) electrons. The first kappa shape index (κ1) is 15.0. The van der Waals surface area contributed by atoms with Crippen LogP contribution in [0.1, 0.15) is 46.0 Å². The Balaban J connectivity index is 2.26. The van der Waals surface area contributed by atoms with E-state index in [-0.39, 0.29) is 0 Å².